The van der Waals surface area contributed by atoms with E-state index in [1.165, 1.54) is 6.07 Å². The molecule has 2 heterocycles. The summed E-state index contributed by atoms with van der Waals surface area (Å²) in [6, 6.07) is 8.49. The molecule has 0 bridgehead atoms. The summed E-state index contributed by atoms with van der Waals surface area (Å²) in [5, 5.41) is 13.8. The van der Waals surface area contributed by atoms with Gasteiger partial charge in [-0.25, -0.2) is 4.98 Å². The zero-order valence-electron chi connectivity index (χ0n) is 12.9. The molecular formula is C16H15ClN4O3. The number of anilines is 2. The normalized spacial score (nSPS) is 17.2. The number of nitrogens with one attached hydrogen (secondary N) is 1. The van der Waals surface area contributed by atoms with Crippen molar-refractivity contribution in [1.29, 1.82) is 0 Å². The van der Waals surface area contributed by atoms with Gasteiger partial charge in [-0.15, -0.1) is 0 Å². The molecule has 124 valence electrons. The van der Waals surface area contributed by atoms with E-state index in [1.807, 2.05) is 31.2 Å². The third kappa shape index (κ3) is 3.16. The number of aromatic nitrogens is 1. The van der Waals surface area contributed by atoms with Crippen molar-refractivity contribution in [3.63, 3.8) is 0 Å². The molecule has 0 saturated carbocycles. The average molecular weight is 347 g/mol. The lowest BCUT2D eigenvalue weighted by atomic mass is 10.2. The highest BCUT2D eigenvalue weighted by atomic mass is 35.5. The molecule has 0 spiro atoms. The first-order chi connectivity index (χ1) is 11.5. The van der Waals surface area contributed by atoms with Crippen molar-refractivity contribution in [2.45, 2.75) is 19.4 Å². The summed E-state index contributed by atoms with van der Waals surface area (Å²) in [4.78, 5) is 28.4. The van der Waals surface area contributed by atoms with Crippen LogP contribution in [0.4, 0.5) is 17.2 Å². The van der Waals surface area contributed by atoms with Crippen LogP contribution in [0.5, 0.6) is 0 Å². The highest BCUT2D eigenvalue weighted by Crippen LogP contribution is 2.28. The van der Waals surface area contributed by atoms with Crippen LogP contribution >= 0.6 is 11.6 Å². The Labute approximate surface area is 143 Å². The van der Waals surface area contributed by atoms with Gasteiger partial charge in [-0.3, -0.25) is 14.9 Å². The Bertz CT molecular complexity index is 794. The van der Waals surface area contributed by atoms with Gasteiger partial charge in [0.2, 0.25) is 5.91 Å². The van der Waals surface area contributed by atoms with E-state index >= 15 is 0 Å². The SMILES string of the molecule is Cc1ccc(N2CCC(Nc3ncc([N+](=O)[O-])cc3Cl)C2=O)cc1. The van der Waals surface area contributed by atoms with Crippen molar-refractivity contribution in [2.24, 2.45) is 0 Å². The highest BCUT2D eigenvalue weighted by molar-refractivity contribution is 6.33. The molecule has 1 N–H and O–H groups in total. The summed E-state index contributed by atoms with van der Waals surface area (Å²) in [5.41, 5.74) is 1.78. The smallest absolute Gasteiger partial charge is 0.289 e. The Kier molecular flexibility index (Phi) is 4.35. The summed E-state index contributed by atoms with van der Waals surface area (Å²) >= 11 is 6.02. The molecule has 7 nitrogen and oxygen atoms in total. The van der Waals surface area contributed by atoms with Gasteiger partial charge in [0.25, 0.3) is 5.69 Å². The van der Waals surface area contributed by atoms with E-state index < -0.39 is 11.0 Å². The first-order valence-electron chi connectivity index (χ1n) is 7.40. The fourth-order valence-corrected chi connectivity index (χ4v) is 2.81. The maximum Gasteiger partial charge on any atom is 0.289 e. The fourth-order valence-electron chi connectivity index (χ4n) is 2.59. The molecule has 1 aliphatic heterocycles. The summed E-state index contributed by atoms with van der Waals surface area (Å²) < 4.78 is 0. The first kappa shape index (κ1) is 16.2. The molecule has 1 unspecified atom stereocenters. The summed E-state index contributed by atoms with van der Waals surface area (Å²) in [6.07, 6.45) is 1.72. The van der Waals surface area contributed by atoms with Crippen molar-refractivity contribution in [3.8, 4) is 0 Å². The third-order valence-electron chi connectivity index (χ3n) is 3.90. The van der Waals surface area contributed by atoms with Gasteiger partial charge in [-0.05, 0) is 25.5 Å². The molecule has 1 amide bonds. The van der Waals surface area contributed by atoms with Crippen LogP contribution in [0.3, 0.4) is 0 Å². The Morgan fingerprint density at radius 2 is 2.08 bits per heavy atom. The van der Waals surface area contributed by atoms with E-state index in [9.17, 15) is 14.9 Å². The zero-order valence-corrected chi connectivity index (χ0v) is 13.7. The number of pyridine rings is 1. The quantitative estimate of drug-likeness (QED) is 0.678. The van der Waals surface area contributed by atoms with Gasteiger partial charge in [0.05, 0.1) is 9.95 Å². The van der Waals surface area contributed by atoms with Crippen LogP contribution in [0.2, 0.25) is 5.02 Å². The molecule has 0 radical (unpaired) electrons. The van der Waals surface area contributed by atoms with Gasteiger partial charge in [-0.2, -0.15) is 0 Å². The van der Waals surface area contributed by atoms with E-state index in [2.05, 4.69) is 10.3 Å². The minimum atomic E-state index is -0.567. The molecule has 8 heteroatoms. The predicted octanol–water partition coefficient (Wildman–Crippen LogP) is 3.17. The molecule has 1 aromatic heterocycles. The number of benzene rings is 1. The number of carbonyl (C=O) groups excluding carboxylic acids is 1. The van der Waals surface area contributed by atoms with Crippen LogP contribution in [-0.2, 0) is 4.79 Å². The Morgan fingerprint density at radius 3 is 2.71 bits per heavy atom. The van der Waals surface area contributed by atoms with Crippen molar-refractivity contribution < 1.29 is 9.72 Å². The molecule has 1 saturated heterocycles. The topological polar surface area (TPSA) is 88.4 Å². The van der Waals surface area contributed by atoms with E-state index in [4.69, 9.17) is 11.6 Å². The minimum absolute atomic E-state index is 0.0740. The predicted molar refractivity (Wildman–Crippen MR) is 91.5 cm³/mol. The van der Waals surface area contributed by atoms with Crippen LogP contribution in [0.1, 0.15) is 12.0 Å². The van der Waals surface area contributed by atoms with Gasteiger partial charge in [0, 0.05) is 18.3 Å². The van der Waals surface area contributed by atoms with Crippen LogP contribution in [0, 0.1) is 17.0 Å². The number of nitro groups is 1. The molecule has 1 atom stereocenters. The Balaban J connectivity index is 1.74. The Morgan fingerprint density at radius 1 is 1.38 bits per heavy atom. The van der Waals surface area contributed by atoms with E-state index in [1.54, 1.807) is 4.90 Å². The number of hydrogen-bond donors (Lipinski definition) is 1. The zero-order chi connectivity index (χ0) is 17.3. The molecule has 1 fully saturated rings. The fraction of sp³-hybridized carbons (Fsp3) is 0.250. The van der Waals surface area contributed by atoms with Crippen LogP contribution < -0.4 is 10.2 Å². The maximum absolute atomic E-state index is 12.6. The molecular weight excluding hydrogens is 332 g/mol. The standard InChI is InChI=1S/C16H15ClN4O3/c1-10-2-4-11(5-3-10)20-7-6-14(16(20)22)19-15-13(17)8-12(9-18-15)21(23)24/h2-5,8-9,14H,6-7H2,1H3,(H,18,19). The molecule has 24 heavy (non-hydrogen) atoms. The average Bonchev–Trinajstić information content (AvgIpc) is 2.91. The molecule has 1 aromatic carbocycles. The van der Waals surface area contributed by atoms with E-state index in [-0.39, 0.29) is 22.4 Å². The number of halogens is 1. The van der Waals surface area contributed by atoms with Crippen LogP contribution in [0.25, 0.3) is 0 Å². The van der Waals surface area contributed by atoms with Crippen molar-refractivity contribution >= 4 is 34.7 Å². The minimum Gasteiger partial charge on any atom is -0.357 e. The van der Waals surface area contributed by atoms with E-state index in [0.29, 0.717) is 13.0 Å². The molecule has 1 aliphatic rings. The lowest BCUT2D eigenvalue weighted by molar-refractivity contribution is -0.385. The summed E-state index contributed by atoms with van der Waals surface area (Å²) in [5.74, 6) is 0.196. The molecule has 3 rings (SSSR count). The van der Waals surface area contributed by atoms with Gasteiger partial charge < -0.3 is 10.2 Å². The highest BCUT2D eigenvalue weighted by Gasteiger charge is 2.33. The maximum atomic E-state index is 12.6. The molecule has 0 aliphatic carbocycles. The van der Waals surface area contributed by atoms with Crippen LogP contribution in [0.15, 0.2) is 36.5 Å². The number of amides is 1. The van der Waals surface area contributed by atoms with Crippen molar-refractivity contribution in [3.05, 3.63) is 57.2 Å². The monoisotopic (exact) mass is 346 g/mol. The van der Waals surface area contributed by atoms with Gasteiger partial charge >= 0.3 is 0 Å². The van der Waals surface area contributed by atoms with Gasteiger partial charge in [-0.1, -0.05) is 29.3 Å². The summed E-state index contributed by atoms with van der Waals surface area (Å²) in [6.45, 7) is 2.58. The first-order valence-corrected chi connectivity index (χ1v) is 7.78. The second-order valence-electron chi connectivity index (χ2n) is 5.59. The van der Waals surface area contributed by atoms with Crippen LogP contribution in [-0.4, -0.2) is 28.4 Å². The van der Waals surface area contributed by atoms with Crippen molar-refractivity contribution in [2.75, 3.05) is 16.8 Å². The lowest BCUT2D eigenvalue weighted by Crippen LogP contribution is -2.33. The summed E-state index contributed by atoms with van der Waals surface area (Å²) in [7, 11) is 0. The lowest BCUT2D eigenvalue weighted by Gasteiger charge is -2.18. The largest absolute Gasteiger partial charge is 0.357 e. The number of nitrogens with zero attached hydrogens (tertiary/aromatic N) is 3. The second-order valence-corrected chi connectivity index (χ2v) is 6.00. The Hall–Kier alpha value is -2.67. The third-order valence-corrected chi connectivity index (χ3v) is 4.19. The second kappa shape index (κ2) is 6.45. The van der Waals surface area contributed by atoms with Gasteiger partial charge in [0.15, 0.2) is 0 Å². The number of carbonyl (C=O) groups is 1. The van der Waals surface area contributed by atoms with Gasteiger partial charge in [0.1, 0.15) is 18.1 Å². The molecule has 2 aromatic rings. The number of rotatable bonds is 4. The van der Waals surface area contributed by atoms with E-state index in [0.717, 1.165) is 17.4 Å². The number of aryl methyl sites for hydroxylation is 1. The van der Waals surface area contributed by atoms with Crippen molar-refractivity contribution in [1.82, 2.24) is 4.98 Å². The number of hydrogen-bond acceptors (Lipinski definition) is 5.